The molecule has 3 amide bonds. The lowest BCUT2D eigenvalue weighted by atomic mass is 10.1. The highest BCUT2D eigenvalue weighted by Crippen LogP contribution is 2.23. The van der Waals surface area contributed by atoms with Crippen LogP contribution in [0, 0.1) is 11.6 Å². The number of carbonyl (C=O) groups excluding carboxylic acids is 2. The first-order valence-electron chi connectivity index (χ1n) is 10.1. The van der Waals surface area contributed by atoms with Crippen molar-refractivity contribution < 1.29 is 18.4 Å². The van der Waals surface area contributed by atoms with Crippen molar-refractivity contribution in [2.75, 3.05) is 55.8 Å². The Balaban J connectivity index is 2.09. The van der Waals surface area contributed by atoms with Crippen LogP contribution in [0.25, 0.3) is 0 Å². The maximum absolute atomic E-state index is 13.3. The lowest BCUT2D eigenvalue weighted by Crippen LogP contribution is -2.35. The molecule has 2 aromatic rings. The number of benzene rings is 2. The third-order valence-electron chi connectivity index (χ3n) is 4.77. The lowest BCUT2D eigenvalue weighted by molar-refractivity contribution is 0.0949. The van der Waals surface area contributed by atoms with Gasteiger partial charge in [0.25, 0.3) is 5.91 Å². The van der Waals surface area contributed by atoms with Gasteiger partial charge in [-0.15, -0.1) is 0 Å². The molecule has 0 aliphatic heterocycles. The summed E-state index contributed by atoms with van der Waals surface area (Å²) in [7, 11) is 3.65. The van der Waals surface area contributed by atoms with Crippen molar-refractivity contribution in [2.24, 2.45) is 0 Å². The molecule has 2 aromatic carbocycles. The normalized spacial score (nSPS) is 10.7. The Morgan fingerprint density at radius 1 is 0.903 bits per heavy atom. The first-order valence-corrected chi connectivity index (χ1v) is 10.1. The van der Waals surface area contributed by atoms with Gasteiger partial charge in [-0.2, -0.15) is 0 Å². The molecule has 0 saturated heterocycles. The second kappa shape index (κ2) is 11.3. The minimum Gasteiger partial charge on any atom is -0.377 e. The molecular formula is C22H29F2N5O2. The summed E-state index contributed by atoms with van der Waals surface area (Å²) < 4.78 is 26.3. The molecule has 9 heteroatoms. The summed E-state index contributed by atoms with van der Waals surface area (Å²) in [6.07, 6.45) is 0. The third kappa shape index (κ3) is 6.92. The van der Waals surface area contributed by atoms with Crippen molar-refractivity contribution in [3.63, 3.8) is 0 Å². The zero-order valence-electron chi connectivity index (χ0n) is 18.3. The fourth-order valence-corrected chi connectivity index (χ4v) is 3.02. The highest BCUT2D eigenvalue weighted by atomic mass is 19.2. The first kappa shape index (κ1) is 24.1. The van der Waals surface area contributed by atoms with Gasteiger partial charge in [-0.1, -0.05) is 13.8 Å². The van der Waals surface area contributed by atoms with Crippen LogP contribution in [0.2, 0.25) is 0 Å². The van der Waals surface area contributed by atoms with Gasteiger partial charge in [0.2, 0.25) is 0 Å². The fourth-order valence-electron chi connectivity index (χ4n) is 3.02. The largest absolute Gasteiger partial charge is 0.377 e. The van der Waals surface area contributed by atoms with Gasteiger partial charge in [-0.3, -0.25) is 4.79 Å². The maximum atomic E-state index is 13.3. The summed E-state index contributed by atoms with van der Waals surface area (Å²) in [5.41, 5.74) is 1.61. The molecule has 0 fully saturated rings. The number of rotatable bonds is 9. The molecule has 31 heavy (non-hydrogen) atoms. The molecule has 0 unspecified atom stereocenters. The van der Waals surface area contributed by atoms with E-state index in [1.165, 1.54) is 6.07 Å². The molecule has 168 valence electrons. The van der Waals surface area contributed by atoms with Crippen LogP contribution >= 0.6 is 0 Å². The molecule has 7 nitrogen and oxygen atoms in total. The van der Waals surface area contributed by atoms with E-state index in [1.54, 1.807) is 18.2 Å². The van der Waals surface area contributed by atoms with Gasteiger partial charge in [-0.25, -0.2) is 13.6 Å². The molecule has 0 spiro atoms. The van der Waals surface area contributed by atoms with Crippen LogP contribution < -0.4 is 20.9 Å². The van der Waals surface area contributed by atoms with Crippen LogP contribution in [0.4, 0.5) is 30.6 Å². The number of halogens is 2. The van der Waals surface area contributed by atoms with E-state index in [-0.39, 0.29) is 11.6 Å². The number of urea groups is 1. The Morgan fingerprint density at radius 2 is 1.52 bits per heavy atom. The van der Waals surface area contributed by atoms with Crippen molar-refractivity contribution in [1.82, 2.24) is 10.2 Å². The number of hydrogen-bond acceptors (Lipinski definition) is 4. The minimum atomic E-state index is -1.06. The molecule has 0 radical (unpaired) electrons. The van der Waals surface area contributed by atoms with Crippen molar-refractivity contribution in [3.8, 4) is 0 Å². The third-order valence-corrected chi connectivity index (χ3v) is 4.77. The Labute approximate surface area is 181 Å². The number of nitrogens with one attached hydrogen (secondary N) is 3. The predicted octanol–water partition coefficient (Wildman–Crippen LogP) is 3.75. The molecule has 0 aromatic heterocycles. The van der Waals surface area contributed by atoms with E-state index >= 15 is 0 Å². The van der Waals surface area contributed by atoms with E-state index in [0.717, 1.165) is 31.8 Å². The molecule has 0 aliphatic rings. The summed E-state index contributed by atoms with van der Waals surface area (Å²) >= 11 is 0. The van der Waals surface area contributed by atoms with E-state index in [2.05, 4.69) is 34.7 Å². The number of hydrogen-bond donors (Lipinski definition) is 3. The number of amides is 3. The minimum absolute atomic E-state index is 0.107. The first-order chi connectivity index (χ1) is 14.7. The van der Waals surface area contributed by atoms with E-state index < -0.39 is 17.7 Å². The van der Waals surface area contributed by atoms with Gasteiger partial charge in [0.05, 0.1) is 5.56 Å². The number of carbonyl (C=O) groups is 2. The Kier molecular flexibility index (Phi) is 8.75. The summed E-state index contributed by atoms with van der Waals surface area (Å²) in [6.45, 7) is 7.18. The summed E-state index contributed by atoms with van der Waals surface area (Å²) in [5, 5.41) is 7.95. The Hall–Kier alpha value is -3.20. The van der Waals surface area contributed by atoms with Crippen LogP contribution in [-0.4, -0.2) is 57.1 Å². The number of nitrogens with zero attached hydrogens (tertiary/aromatic N) is 2. The van der Waals surface area contributed by atoms with Crippen molar-refractivity contribution in [3.05, 3.63) is 53.6 Å². The van der Waals surface area contributed by atoms with Crippen LogP contribution in [0.15, 0.2) is 36.4 Å². The van der Waals surface area contributed by atoms with Crippen molar-refractivity contribution in [2.45, 2.75) is 13.8 Å². The predicted molar refractivity (Wildman–Crippen MR) is 120 cm³/mol. The Bertz CT molecular complexity index is 917. The second-order valence-corrected chi connectivity index (χ2v) is 7.12. The number of anilines is 3. The van der Waals surface area contributed by atoms with Gasteiger partial charge in [0, 0.05) is 50.3 Å². The molecule has 0 bridgehead atoms. The summed E-state index contributed by atoms with van der Waals surface area (Å²) in [4.78, 5) is 29.0. The van der Waals surface area contributed by atoms with Crippen LogP contribution in [0.5, 0.6) is 0 Å². The molecule has 0 atom stereocenters. The van der Waals surface area contributed by atoms with Crippen LogP contribution in [-0.2, 0) is 0 Å². The lowest BCUT2D eigenvalue weighted by Gasteiger charge is -2.20. The Morgan fingerprint density at radius 3 is 2.10 bits per heavy atom. The van der Waals surface area contributed by atoms with Crippen LogP contribution in [0.1, 0.15) is 24.2 Å². The quantitative estimate of drug-likeness (QED) is 0.563. The SMILES string of the molecule is CCN(CC)CCNC(=O)c1cc(NC(=O)Nc2ccc(F)c(F)c2)ccc1N(C)C. The van der Waals surface area contributed by atoms with Gasteiger partial charge >= 0.3 is 6.03 Å². The van der Waals surface area contributed by atoms with Crippen molar-refractivity contribution in [1.29, 1.82) is 0 Å². The standard InChI is InChI=1S/C22H29F2N5O2/c1-5-29(6-2)12-11-25-21(30)17-13-15(8-10-20(17)28(3)4)26-22(31)27-16-7-9-18(23)19(24)14-16/h7-10,13-14H,5-6,11-12H2,1-4H3,(H,25,30)(H2,26,27,31). The van der Waals surface area contributed by atoms with Gasteiger partial charge in [-0.05, 0) is 43.4 Å². The highest BCUT2D eigenvalue weighted by molar-refractivity contribution is 6.03. The topological polar surface area (TPSA) is 76.7 Å². The second-order valence-electron chi connectivity index (χ2n) is 7.12. The monoisotopic (exact) mass is 433 g/mol. The van der Waals surface area contributed by atoms with Crippen LogP contribution in [0.3, 0.4) is 0 Å². The highest BCUT2D eigenvalue weighted by Gasteiger charge is 2.15. The van der Waals surface area contributed by atoms with E-state index in [0.29, 0.717) is 23.5 Å². The zero-order valence-corrected chi connectivity index (χ0v) is 18.3. The van der Waals surface area contributed by atoms with Gasteiger partial charge in [0.1, 0.15) is 0 Å². The van der Waals surface area contributed by atoms with Crippen molar-refractivity contribution >= 4 is 29.0 Å². The van der Waals surface area contributed by atoms with E-state index in [9.17, 15) is 18.4 Å². The zero-order chi connectivity index (χ0) is 23.0. The van der Waals surface area contributed by atoms with Gasteiger partial charge < -0.3 is 25.8 Å². The summed E-state index contributed by atoms with van der Waals surface area (Å²) in [6, 6.07) is 7.39. The fraction of sp³-hybridized carbons (Fsp3) is 0.364. The van der Waals surface area contributed by atoms with E-state index in [4.69, 9.17) is 0 Å². The average molecular weight is 434 g/mol. The molecule has 3 N–H and O–H groups in total. The summed E-state index contributed by atoms with van der Waals surface area (Å²) in [5.74, 6) is -2.31. The molecular weight excluding hydrogens is 404 g/mol. The molecule has 0 saturated carbocycles. The number of likely N-dealkylation sites (N-methyl/N-ethyl adjacent to an activating group) is 1. The molecule has 0 heterocycles. The smallest absolute Gasteiger partial charge is 0.323 e. The van der Waals surface area contributed by atoms with E-state index in [1.807, 2.05) is 19.0 Å². The van der Waals surface area contributed by atoms with Gasteiger partial charge in [0.15, 0.2) is 11.6 Å². The molecule has 2 rings (SSSR count). The molecule has 0 aliphatic carbocycles. The maximum Gasteiger partial charge on any atom is 0.323 e. The average Bonchev–Trinajstić information content (AvgIpc) is 2.73.